The number of anilines is 3. The van der Waals surface area contributed by atoms with E-state index in [9.17, 15) is 23.2 Å². The largest absolute Gasteiger partial charge is 0.326 e. The Kier molecular flexibility index (Phi) is 8.14. The summed E-state index contributed by atoms with van der Waals surface area (Å²) in [6.45, 7) is 6.51. The van der Waals surface area contributed by atoms with Gasteiger partial charge < -0.3 is 10.6 Å². The predicted octanol–water partition coefficient (Wildman–Crippen LogP) is 5.99. The van der Waals surface area contributed by atoms with Gasteiger partial charge in [-0.15, -0.1) is 0 Å². The highest BCUT2D eigenvalue weighted by Crippen LogP contribution is 2.21. The molecule has 0 aliphatic heterocycles. The lowest BCUT2D eigenvalue weighted by atomic mass is 10.1. The van der Waals surface area contributed by atoms with Crippen molar-refractivity contribution in [2.75, 3.05) is 22.1 Å². The fourth-order valence-corrected chi connectivity index (χ4v) is 3.34. The van der Waals surface area contributed by atoms with Crippen molar-refractivity contribution in [3.05, 3.63) is 89.0 Å². The summed E-state index contributed by atoms with van der Waals surface area (Å²) >= 11 is 0. The summed E-state index contributed by atoms with van der Waals surface area (Å²) < 4.78 is 27.4. The van der Waals surface area contributed by atoms with Crippen LogP contribution in [0.15, 0.2) is 60.7 Å². The zero-order chi connectivity index (χ0) is 25.5. The molecule has 0 atom stereocenters. The van der Waals surface area contributed by atoms with Gasteiger partial charge in [0.25, 0.3) is 5.91 Å². The second-order valence-corrected chi connectivity index (χ2v) is 7.93. The first-order chi connectivity index (χ1) is 16.7. The van der Waals surface area contributed by atoms with Gasteiger partial charge in [-0.25, -0.2) is 18.4 Å². The molecule has 0 saturated heterocycles. The molecule has 35 heavy (non-hydrogen) atoms. The standard InChI is InChI=1S/C26H26F2N4O3/c1-4-14-32(20-13-8-16(2)17(3)15-20)26(35)30-19-11-9-18(10-12-19)29-25(34)31-24(33)23-21(27)6-5-7-22(23)28/h5-13,15H,4,14H2,1-3H3,(H,30,35)(H2,29,31,33,34). The van der Waals surface area contributed by atoms with E-state index in [0.29, 0.717) is 17.9 Å². The van der Waals surface area contributed by atoms with Crippen LogP contribution < -0.4 is 20.9 Å². The van der Waals surface area contributed by atoms with Crippen LogP contribution >= 0.6 is 0 Å². The van der Waals surface area contributed by atoms with E-state index in [4.69, 9.17) is 0 Å². The van der Waals surface area contributed by atoms with Gasteiger partial charge in [0.1, 0.15) is 17.2 Å². The number of benzene rings is 3. The Balaban J connectivity index is 1.62. The normalized spacial score (nSPS) is 10.4. The number of urea groups is 2. The molecule has 3 aromatic carbocycles. The molecule has 0 aliphatic rings. The van der Waals surface area contributed by atoms with E-state index in [1.54, 1.807) is 17.0 Å². The van der Waals surface area contributed by atoms with Crippen LogP contribution in [-0.4, -0.2) is 24.5 Å². The van der Waals surface area contributed by atoms with Crippen LogP contribution in [-0.2, 0) is 0 Å². The Morgan fingerprint density at radius 2 is 1.43 bits per heavy atom. The highest BCUT2D eigenvalue weighted by molar-refractivity contribution is 6.08. The minimum absolute atomic E-state index is 0.300. The Labute approximate surface area is 202 Å². The number of halogens is 2. The molecule has 0 aliphatic carbocycles. The van der Waals surface area contributed by atoms with Crippen molar-refractivity contribution in [1.82, 2.24) is 5.32 Å². The lowest BCUT2D eigenvalue weighted by Crippen LogP contribution is -2.36. The zero-order valence-corrected chi connectivity index (χ0v) is 19.6. The molecule has 7 nitrogen and oxygen atoms in total. The number of rotatable bonds is 6. The number of aryl methyl sites for hydroxylation is 2. The number of carbonyl (C=O) groups excluding carboxylic acids is 3. The number of hydrogen-bond donors (Lipinski definition) is 3. The molecule has 0 saturated carbocycles. The van der Waals surface area contributed by atoms with E-state index in [2.05, 4.69) is 10.6 Å². The lowest BCUT2D eigenvalue weighted by Gasteiger charge is -2.23. The van der Waals surface area contributed by atoms with Crippen LogP contribution in [0.4, 0.5) is 35.4 Å². The van der Waals surface area contributed by atoms with E-state index < -0.39 is 29.1 Å². The molecule has 0 fully saturated rings. The van der Waals surface area contributed by atoms with Crippen LogP contribution in [0.2, 0.25) is 0 Å². The highest BCUT2D eigenvalue weighted by Gasteiger charge is 2.19. The maximum absolute atomic E-state index is 13.7. The fraction of sp³-hybridized carbons (Fsp3) is 0.192. The van der Waals surface area contributed by atoms with E-state index in [1.807, 2.05) is 44.3 Å². The first-order valence-corrected chi connectivity index (χ1v) is 11.0. The van der Waals surface area contributed by atoms with Gasteiger partial charge in [0.2, 0.25) is 0 Å². The van der Waals surface area contributed by atoms with Gasteiger partial charge in [-0.1, -0.05) is 19.1 Å². The van der Waals surface area contributed by atoms with Crippen molar-refractivity contribution in [2.45, 2.75) is 27.2 Å². The topological polar surface area (TPSA) is 90.5 Å². The van der Waals surface area contributed by atoms with E-state index in [1.165, 1.54) is 12.1 Å². The minimum Gasteiger partial charge on any atom is -0.308 e. The number of carbonyl (C=O) groups is 3. The smallest absolute Gasteiger partial charge is 0.308 e. The summed E-state index contributed by atoms with van der Waals surface area (Å²) in [6.07, 6.45) is 0.772. The maximum Gasteiger partial charge on any atom is 0.326 e. The first kappa shape index (κ1) is 25.4. The average Bonchev–Trinajstić information content (AvgIpc) is 2.80. The molecule has 182 valence electrons. The molecule has 0 radical (unpaired) electrons. The van der Waals surface area contributed by atoms with E-state index in [0.717, 1.165) is 41.4 Å². The van der Waals surface area contributed by atoms with E-state index in [-0.39, 0.29) is 6.03 Å². The minimum atomic E-state index is -1.20. The molecule has 0 unspecified atom stereocenters. The van der Waals surface area contributed by atoms with Gasteiger partial charge >= 0.3 is 12.1 Å². The molecule has 0 spiro atoms. The van der Waals surface area contributed by atoms with Crippen LogP contribution in [0, 0.1) is 25.5 Å². The summed E-state index contributed by atoms with van der Waals surface area (Å²) in [5.41, 5.74) is 2.97. The van der Waals surface area contributed by atoms with Gasteiger partial charge in [-0.05, 0) is 79.9 Å². The average molecular weight is 481 g/mol. The summed E-state index contributed by atoms with van der Waals surface area (Å²) in [4.78, 5) is 38.7. The third-order valence-electron chi connectivity index (χ3n) is 5.31. The summed E-state index contributed by atoms with van der Waals surface area (Å²) in [6, 6.07) is 13.7. The van der Waals surface area contributed by atoms with Crippen molar-refractivity contribution >= 4 is 35.0 Å². The van der Waals surface area contributed by atoms with Crippen LogP contribution in [0.25, 0.3) is 0 Å². The predicted molar refractivity (Wildman–Crippen MR) is 132 cm³/mol. The molecular weight excluding hydrogens is 454 g/mol. The van der Waals surface area contributed by atoms with Crippen molar-refractivity contribution in [3.63, 3.8) is 0 Å². The molecule has 5 amide bonds. The maximum atomic E-state index is 13.7. The van der Waals surface area contributed by atoms with Gasteiger partial charge in [0, 0.05) is 23.6 Å². The monoisotopic (exact) mass is 480 g/mol. The number of nitrogens with zero attached hydrogens (tertiary/aromatic N) is 1. The molecule has 9 heteroatoms. The first-order valence-electron chi connectivity index (χ1n) is 11.0. The summed E-state index contributed by atoms with van der Waals surface area (Å²) in [5, 5.41) is 7.11. The highest BCUT2D eigenvalue weighted by atomic mass is 19.1. The third kappa shape index (κ3) is 6.41. The Hall–Kier alpha value is -4.27. The third-order valence-corrected chi connectivity index (χ3v) is 5.31. The van der Waals surface area contributed by atoms with Crippen molar-refractivity contribution in [1.29, 1.82) is 0 Å². The molecular formula is C26H26F2N4O3. The molecule has 0 bridgehead atoms. The van der Waals surface area contributed by atoms with Gasteiger partial charge in [-0.2, -0.15) is 0 Å². The van der Waals surface area contributed by atoms with E-state index >= 15 is 0 Å². The Bertz CT molecular complexity index is 1230. The number of imide groups is 1. The Morgan fingerprint density at radius 1 is 0.829 bits per heavy atom. The van der Waals surface area contributed by atoms with Gasteiger partial charge in [-0.3, -0.25) is 15.0 Å². The summed E-state index contributed by atoms with van der Waals surface area (Å²) in [5.74, 6) is -3.36. The molecule has 0 aromatic heterocycles. The van der Waals surface area contributed by atoms with Crippen molar-refractivity contribution < 1.29 is 23.2 Å². The van der Waals surface area contributed by atoms with Crippen molar-refractivity contribution in [3.8, 4) is 0 Å². The number of hydrogen-bond acceptors (Lipinski definition) is 3. The van der Waals surface area contributed by atoms with Crippen LogP contribution in [0.5, 0.6) is 0 Å². The Morgan fingerprint density at radius 3 is 2.00 bits per heavy atom. The molecule has 3 rings (SSSR count). The van der Waals surface area contributed by atoms with Gasteiger partial charge in [0.15, 0.2) is 0 Å². The molecule has 3 N–H and O–H groups in total. The number of nitrogens with one attached hydrogen (secondary N) is 3. The summed E-state index contributed by atoms with van der Waals surface area (Å²) in [7, 11) is 0. The van der Waals surface area contributed by atoms with Crippen LogP contribution in [0.1, 0.15) is 34.8 Å². The molecule has 3 aromatic rings. The second-order valence-electron chi connectivity index (χ2n) is 7.93. The van der Waals surface area contributed by atoms with Gasteiger partial charge in [0.05, 0.1) is 0 Å². The van der Waals surface area contributed by atoms with Crippen molar-refractivity contribution in [2.24, 2.45) is 0 Å². The lowest BCUT2D eigenvalue weighted by molar-refractivity contribution is 0.0959. The quantitative estimate of drug-likeness (QED) is 0.405. The number of amides is 5. The second kappa shape index (κ2) is 11.2. The molecule has 0 heterocycles. The fourth-order valence-electron chi connectivity index (χ4n) is 3.34. The zero-order valence-electron chi connectivity index (χ0n) is 19.6. The SMILES string of the molecule is CCCN(C(=O)Nc1ccc(NC(=O)NC(=O)c2c(F)cccc2F)cc1)c1ccc(C)c(C)c1. The van der Waals surface area contributed by atoms with Crippen LogP contribution in [0.3, 0.4) is 0 Å².